The van der Waals surface area contributed by atoms with Gasteiger partial charge in [0.05, 0.1) is 5.69 Å². The highest BCUT2D eigenvalue weighted by Crippen LogP contribution is 2.19. The molecule has 0 bridgehead atoms. The number of thiophene rings is 1. The first-order chi connectivity index (χ1) is 7.77. The van der Waals surface area contributed by atoms with Gasteiger partial charge < -0.3 is 5.32 Å². The van der Waals surface area contributed by atoms with E-state index in [-0.39, 0.29) is 0 Å². The van der Waals surface area contributed by atoms with Gasteiger partial charge in [-0.2, -0.15) is 5.10 Å². The molecule has 0 saturated carbocycles. The Morgan fingerprint density at radius 3 is 3.00 bits per heavy atom. The number of hydrogen-bond donors (Lipinski definition) is 1. The summed E-state index contributed by atoms with van der Waals surface area (Å²) in [4.78, 5) is 1.44. The molecule has 0 aliphatic carbocycles. The quantitative estimate of drug-likeness (QED) is 0.862. The number of aromatic nitrogens is 2. The second kappa shape index (κ2) is 5.27. The number of nitrogens with zero attached hydrogens (tertiary/aromatic N) is 2. The summed E-state index contributed by atoms with van der Waals surface area (Å²) in [5.74, 6) is 0.577. The van der Waals surface area contributed by atoms with Crippen molar-refractivity contribution >= 4 is 11.3 Å². The van der Waals surface area contributed by atoms with E-state index in [0.717, 1.165) is 13.1 Å². The molecule has 0 amide bonds. The van der Waals surface area contributed by atoms with Crippen molar-refractivity contribution in [1.29, 1.82) is 0 Å². The van der Waals surface area contributed by atoms with E-state index in [9.17, 15) is 0 Å². The topological polar surface area (TPSA) is 29.9 Å². The zero-order chi connectivity index (χ0) is 11.4. The largest absolute Gasteiger partial charge is 0.311 e. The van der Waals surface area contributed by atoms with Gasteiger partial charge in [-0.1, -0.05) is 13.0 Å². The third kappa shape index (κ3) is 2.71. The lowest BCUT2D eigenvalue weighted by Crippen LogP contribution is -2.20. The number of nitrogens with one attached hydrogen (secondary N) is 1. The molecule has 0 aromatic carbocycles. The molecule has 2 rings (SSSR count). The predicted octanol–water partition coefficient (Wildman–Crippen LogP) is 2.37. The van der Waals surface area contributed by atoms with Crippen molar-refractivity contribution in [3.63, 3.8) is 0 Å². The minimum absolute atomic E-state index is 0.577. The van der Waals surface area contributed by atoms with Gasteiger partial charge in [-0.3, -0.25) is 4.68 Å². The Labute approximate surface area is 100 Å². The van der Waals surface area contributed by atoms with Crippen molar-refractivity contribution in [3.05, 3.63) is 40.3 Å². The summed E-state index contributed by atoms with van der Waals surface area (Å²) in [6.07, 6.45) is 1.83. The lowest BCUT2D eigenvalue weighted by Gasteiger charge is -2.10. The molecule has 2 aromatic rings. The molecule has 0 spiro atoms. The van der Waals surface area contributed by atoms with E-state index in [1.54, 1.807) is 0 Å². The summed E-state index contributed by atoms with van der Waals surface area (Å²) >= 11 is 1.82. The summed E-state index contributed by atoms with van der Waals surface area (Å²) in [6, 6.07) is 6.35. The summed E-state index contributed by atoms with van der Waals surface area (Å²) in [6.45, 7) is 4.14. The first kappa shape index (κ1) is 11.4. The van der Waals surface area contributed by atoms with Crippen LogP contribution < -0.4 is 5.32 Å². The van der Waals surface area contributed by atoms with Crippen LogP contribution in [-0.4, -0.2) is 16.3 Å². The fourth-order valence-corrected chi connectivity index (χ4v) is 2.45. The summed E-state index contributed by atoms with van der Waals surface area (Å²) < 4.78 is 1.91. The maximum atomic E-state index is 4.14. The average Bonchev–Trinajstić information content (AvgIpc) is 2.90. The molecule has 0 aliphatic heterocycles. The zero-order valence-corrected chi connectivity index (χ0v) is 10.5. The molecule has 0 saturated heterocycles. The first-order valence-corrected chi connectivity index (χ1v) is 6.36. The van der Waals surface area contributed by atoms with Crippen molar-refractivity contribution < 1.29 is 0 Å². The van der Waals surface area contributed by atoms with Gasteiger partial charge in [0.25, 0.3) is 0 Å². The van der Waals surface area contributed by atoms with Crippen LogP contribution in [0.15, 0.2) is 29.8 Å². The van der Waals surface area contributed by atoms with Crippen LogP contribution >= 0.6 is 11.3 Å². The van der Waals surface area contributed by atoms with E-state index in [4.69, 9.17) is 0 Å². The van der Waals surface area contributed by atoms with Gasteiger partial charge in [-0.25, -0.2) is 0 Å². The lowest BCUT2D eigenvalue weighted by atomic mass is 10.1. The van der Waals surface area contributed by atoms with Crippen molar-refractivity contribution in [2.75, 3.05) is 6.54 Å². The number of hydrogen-bond acceptors (Lipinski definition) is 3. The monoisotopic (exact) mass is 235 g/mol. The van der Waals surface area contributed by atoms with Gasteiger partial charge in [0.2, 0.25) is 0 Å². The fraction of sp³-hybridized carbons (Fsp3) is 0.417. The highest BCUT2D eigenvalue weighted by atomic mass is 32.1. The average molecular weight is 235 g/mol. The minimum Gasteiger partial charge on any atom is -0.311 e. The van der Waals surface area contributed by atoms with Crippen LogP contribution in [-0.2, 0) is 13.6 Å². The van der Waals surface area contributed by atoms with Gasteiger partial charge in [0, 0.05) is 37.1 Å². The second-order valence-corrected chi connectivity index (χ2v) is 4.97. The molecule has 0 radical (unpaired) electrons. The van der Waals surface area contributed by atoms with E-state index in [2.05, 4.69) is 34.9 Å². The third-order valence-electron chi connectivity index (χ3n) is 2.71. The van der Waals surface area contributed by atoms with Crippen LogP contribution in [0.4, 0.5) is 0 Å². The Morgan fingerprint density at radius 1 is 1.50 bits per heavy atom. The van der Waals surface area contributed by atoms with E-state index in [1.165, 1.54) is 10.6 Å². The molecule has 4 heteroatoms. The van der Waals surface area contributed by atoms with E-state index < -0.39 is 0 Å². The van der Waals surface area contributed by atoms with Crippen molar-refractivity contribution in [2.45, 2.75) is 19.4 Å². The van der Waals surface area contributed by atoms with Crippen LogP contribution in [0.5, 0.6) is 0 Å². The van der Waals surface area contributed by atoms with Crippen molar-refractivity contribution in [1.82, 2.24) is 15.1 Å². The highest BCUT2D eigenvalue weighted by Gasteiger charge is 2.06. The Morgan fingerprint density at radius 2 is 2.38 bits per heavy atom. The molecule has 0 fully saturated rings. The van der Waals surface area contributed by atoms with E-state index in [0.29, 0.717) is 5.92 Å². The molecule has 1 atom stereocenters. The summed E-state index contributed by atoms with van der Waals surface area (Å²) in [5.41, 5.74) is 1.22. The second-order valence-electron chi connectivity index (χ2n) is 3.99. The Kier molecular flexibility index (Phi) is 3.74. The molecule has 2 aromatic heterocycles. The van der Waals surface area contributed by atoms with Crippen LogP contribution in [0.25, 0.3) is 0 Å². The van der Waals surface area contributed by atoms with Crippen molar-refractivity contribution in [3.8, 4) is 0 Å². The molecule has 86 valence electrons. The molecule has 16 heavy (non-hydrogen) atoms. The summed E-state index contributed by atoms with van der Waals surface area (Å²) in [5, 5.41) is 9.74. The fourth-order valence-electron chi connectivity index (χ4n) is 1.66. The zero-order valence-electron chi connectivity index (χ0n) is 9.68. The van der Waals surface area contributed by atoms with Crippen LogP contribution in [0, 0.1) is 0 Å². The molecule has 1 N–H and O–H groups in total. The molecule has 2 heterocycles. The standard InChI is InChI=1S/C12H17N3S/c1-10(12-4-3-7-16-12)8-13-9-11-5-6-14-15(11)2/h3-7,10,13H,8-9H2,1-2H3. The summed E-state index contributed by atoms with van der Waals surface area (Å²) in [7, 11) is 1.97. The maximum absolute atomic E-state index is 4.14. The third-order valence-corrected chi connectivity index (χ3v) is 3.81. The van der Waals surface area contributed by atoms with E-state index in [1.807, 2.05) is 35.3 Å². The van der Waals surface area contributed by atoms with Crippen LogP contribution in [0.3, 0.4) is 0 Å². The highest BCUT2D eigenvalue weighted by molar-refractivity contribution is 7.10. The number of aryl methyl sites for hydroxylation is 1. The molecular weight excluding hydrogens is 218 g/mol. The Balaban J connectivity index is 1.78. The Hall–Kier alpha value is -1.13. The molecule has 1 unspecified atom stereocenters. The molecule has 3 nitrogen and oxygen atoms in total. The first-order valence-electron chi connectivity index (χ1n) is 5.48. The SMILES string of the molecule is CC(CNCc1ccnn1C)c1cccs1. The van der Waals surface area contributed by atoms with Gasteiger partial charge >= 0.3 is 0 Å². The van der Waals surface area contributed by atoms with Gasteiger partial charge in [0.1, 0.15) is 0 Å². The smallest absolute Gasteiger partial charge is 0.0518 e. The van der Waals surface area contributed by atoms with Crippen LogP contribution in [0.2, 0.25) is 0 Å². The van der Waals surface area contributed by atoms with Gasteiger partial charge in [-0.05, 0) is 17.5 Å². The maximum Gasteiger partial charge on any atom is 0.0518 e. The lowest BCUT2D eigenvalue weighted by molar-refractivity contribution is 0.588. The van der Waals surface area contributed by atoms with Crippen LogP contribution in [0.1, 0.15) is 23.4 Å². The van der Waals surface area contributed by atoms with Gasteiger partial charge in [-0.15, -0.1) is 11.3 Å². The number of rotatable bonds is 5. The van der Waals surface area contributed by atoms with E-state index >= 15 is 0 Å². The normalized spacial score (nSPS) is 12.9. The Bertz CT molecular complexity index is 419. The molecular formula is C12H17N3S. The minimum atomic E-state index is 0.577. The van der Waals surface area contributed by atoms with Crippen molar-refractivity contribution in [2.24, 2.45) is 7.05 Å². The van der Waals surface area contributed by atoms with Gasteiger partial charge in [0.15, 0.2) is 0 Å². The molecule has 0 aliphatic rings. The predicted molar refractivity (Wildman–Crippen MR) is 67.6 cm³/mol.